The van der Waals surface area contributed by atoms with E-state index in [-0.39, 0.29) is 11.5 Å². The van der Waals surface area contributed by atoms with Crippen LogP contribution in [0.1, 0.15) is 5.56 Å². The van der Waals surface area contributed by atoms with Gasteiger partial charge in [0.1, 0.15) is 28.0 Å². The molecule has 0 saturated heterocycles. The van der Waals surface area contributed by atoms with Crippen LogP contribution in [0.2, 0.25) is 0 Å². The number of hydrogen-bond donors (Lipinski definition) is 2. The molecule has 2 N–H and O–H groups in total. The fraction of sp³-hybridized carbons (Fsp3) is 0.0400. The summed E-state index contributed by atoms with van der Waals surface area (Å²) in [6.07, 6.45) is 0. The molecule has 6 rings (SSSR count). The topological polar surface area (TPSA) is 92.0 Å². The SMILES string of the molecule is Cc1cc(O)c2nc3ccccc3nc2c1Br.Oc1cc(Br)cc2nc3ccccc3nc12. The van der Waals surface area contributed by atoms with Gasteiger partial charge in [-0.15, -0.1) is 0 Å². The average molecular weight is 564 g/mol. The lowest BCUT2D eigenvalue weighted by atomic mass is 10.2. The third-order valence-corrected chi connectivity index (χ3v) is 6.57. The molecule has 0 amide bonds. The van der Waals surface area contributed by atoms with Crippen molar-refractivity contribution in [1.82, 2.24) is 19.9 Å². The molecule has 162 valence electrons. The smallest absolute Gasteiger partial charge is 0.144 e. The molecule has 0 atom stereocenters. The van der Waals surface area contributed by atoms with Crippen LogP contribution in [0.25, 0.3) is 44.1 Å². The maximum atomic E-state index is 9.91. The van der Waals surface area contributed by atoms with Crippen LogP contribution in [0.15, 0.2) is 75.7 Å². The molecule has 0 aliphatic carbocycles. The van der Waals surface area contributed by atoms with Crippen molar-refractivity contribution in [2.45, 2.75) is 6.92 Å². The van der Waals surface area contributed by atoms with Crippen molar-refractivity contribution in [2.75, 3.05) is 0 Å². The number of fused-ring (bicyclic) bond motifs is 4. The van der Waals surface area contributed by atoms with Gasteiger partial charge in [-0.3, -0.25) is 0 Å². The van der Waals surface area contributed by atoms with Crippen LogP contribution in [0.4, 0.5) is 0 Å². The molecule has 0 unspecified atom stereocenters. The molecule has 0 radical (unpaired) electrons. The Labute approximate surface area is 205 Å². The first-order chi connectivity index (χ1) is 15.9. The van der Waals surface area contributed by atoms with Crippen LogP contribution < -0.4 is 0 Å². The molecule has 8 heteroatoms. The maximum Gasteiger partial charge on any atom is 0.144 e. The molecule has 0 saturated carbocycles. The lowest BCUT2D eigenvalue weighted by Gasteiger charge is -2.06. The van der Waals surface area contributed by atoms with Gasteiger partial charge in [0.25, 0.3) is 0 Å². The molecule has 0 spiro atoms. The number of aromatic hydroxyl groups is 2. The number of aromatic nitrogens is 4. The van der Waals surface area contributed by atoms with Gasteiger partial charge in [-0.05, 0) is 70.9 Å². The predicted octanol–water partition coefficient (Wildman–Crippen LogP) is 6.81. The summed E-state index contributed by atoms with van der Waals surface area (Å²) in [4.78, 5) is 17.8. The zero-order chi connectivity index (χ0) is 23.1. The second kappa shape index (κ2) is 8.53. The minimum Gasteiger partial charge on any atom is -0.506 e. The Kier molecular flexibility index (Phi) is 5.55. The van der Waals surface area contributed by atoms with E-state index < -0.39 is 0 Å². The van der Waals surface area contributed by atoms with Crippen molar-refractivity contribution in [1.29, 1.82) is 0 Å². The first-order valence-corrected chi connectivity index (χ1v) is 11.6. The Bertz CT molecular complexity index is 1690. The largest absolute Gasteiger partial charge is 0.506 e. The summed E-state index contributed by atoms with van der Waals surface area (Å²) in [5.74, 6) is 0.307. The van der Waals surface area contributed by atoms with Crippen LogP contribution in [0, 0.1) is 6.92 Å². The highest BCUT2D eigenvalue weighted by atomic mass is 79.9. The quantitative estimate of drug-likeness (QED) is 0.197. The summed E-state index contributed by atoms with van der Waals surface area (Å²) < 4.78 is 1.67. The molecule has 0 aliphatic heterocycles. The molecule has 2 aromatic heterocycles. The third-order valence-electron chi connectivity index (χ3n) is 5.11. The van der Waals surface area contributed by atoms with E-state index in [1.54, 1.807) is 12.1 Å². The number of phenolic OH excluding ortho intramolecular Hbond substituents is 2. The molecule has 6 aromatic rings. The van der Waals surface area contributed by atoms with E-state index in [4.69, 9.17) is 0 Å². The Hall–Kier alpha value is -3.36. The molecular formula is C25H16Br2N4O2. The zero-order valence-electron chi connectivity index (χ0n) is 17.3. The fourth-order valence-corrected chi connectivity index (χ4v) is 4.35. The number of phenols is 2. The third kappa shape index (κ3) is 4.07. The van der Waals surface area contributed by atoms with Gasteiger partial charge in [-0.1, -0.05) is 40.2 Å². The van der Waals surface area contributed by atoms with E-state index in [9.17, 15) is 10.2 Å². The molecule has 33 heavy (non-hydrogen) atoms. The van der Waals surface area contributed by atoms with Gasteiger partial charge < -0.3 is 10.2 Å². The highest BCUT2D eigenvalue weighted by Crippen LogP contribution is 2.32. The van der Waals surface area contributed by atoms with Gasteiger partial charge in [-0.25, -0.2) is 19.9 Å². The normalized spacial score (nSPS) is 11.1. The van der Waals surface area contributed by atoms with Crippen LogP contribution >= 0.6 is 31.9 Å². The number of nitrogens with zero attached hydrogens (tertiary/aromatic N) is 4. The first kappa shape index (κ1) is 21.5. The molecular weight excluding hydrogens is 548 g/mol. The summed E-state index contributed by atoms with van der Waals surface area (Å²) in [5, 5.41) is 19.7. The number of benzene rings is 4. The van der Waals surface area contributed by atoms with Crippen molar-refractivity contribution in [3.05, 3.63) is 81.2 Å². The summed E-state index contributed by atoms with van der Waals surface area (Å²) in [5.41, 5.74) is 6.60. The Morgan fingerprint density at radius 3 is 1.67 bits per heavy atom. The van der Waals surface area contributed by atoms with Gasteiger partial charge in [0.05, 0.1) is 27.6 Å². The second-order valence-corrected chi connectivity index (χ2v) is 9.15. The monoisotopic (exact) mass is 562 g/mol. The standard InChI is InChI=1S/C13H9BrN2O.C12H7BrN2O/c1-7-6-10(17)12-13(11(7)14)16-9-5-3-2-4-8(9)15-12;13-7-5-10-12(11(16)6-7)15-9-4-2-1-3-8(9)14-10/h2-6,17H,1H3;1-6,16H. The first-order valence-electron chi connectivity index (χ1n) is 10.0. The highest BCUT2D eigenvalue weighted by molar-refractivity contribution is 9.11. The molecule has 2 heterocycles. The van der Waals surface area contributed by atoms with Gasteiger partial charge in [-0.2, -0.15) is 0 Å². The van der Waals surface area contributed by atoms with Gasteiger partial charge >= 0.3 is 0 Å². The van der Waals surface area contributed by atoms with Gasteiger partial charge in [0.2, 0.25) is 0 Å². The lowest BCUT2D eigenvalue weighted by Crippen LogP contribution is -1.90. The molecule has 0 fully saturated rings. The highest BCUT2D eigenvalue weighted by Gasteiger charge is 2.11. The van der Waals surface area contributed by atoms with Gasteiger partial charge in [0, 0.05) is 8.95 Å². The van der Waals surface area contributed by atoms with E-state index in [2.05, 4.69) is 51.8 Å². The van der Waals surface area contributed by atoms with Crippen molar-refractivity contribution in [3.63, 3.8) is 0 Å². The number of hydrogen-bond acceptors (Lipinski definition) is 6. The van der Waals surface area contributed by atoms with Gasteiger partial charge in [0.15, 0.2) is 0 Å². The van der Waals surface area contributed by atoms with Crippen molar-refractivity contribution in [2.24, 2.45) is 0 Å². The van der Waals surface area contributed by atoms with Crippen LogP contribution in [-0.4, -0.2) is 30.1 Å². The summed E-state index contributed by atoms with van der Waals surface area (Å²) >= 11 is 6.81. The Morgan fingerprint density at radius 1 is 0.576 bits per heavy atom. The van der Waals surface area contributed by atoms with Crippen LogP contribution in [-0.2, 0) is 0 Å². The number of para-hydroxylation sites is 4. The minimum absolute atomic E-state index is 0.141. The van der Waals surface area contributed by atoms with Crippen molar-refractivity contribution >= 4 is 76.0 Å². The number of rotatable bonds is 0. The Morgan fingerprint density at radius 2 is 1.06 bits per heavy atom. The van der Waals surface area contributed by atoms with E-state index >= 15 is 0 Å². The fourth-order valence-electron chi connectivity index (χ4n) is 3.53. The number of halogens is 2. The Balaban J connectivity index is 0.000000139. The summed E-state index contributed by atoms with van der Waals surface area (Å²) in [6, 6.07) is 20.4. The predicted molar refractivity (Wildman–Crippen MR) is 138 cm³/mol. The van der Waals surface area contributed by atoms with E-state index in [0.717, 1.165) is 36.6 Å². The zero-order valence-corrected chi connectivity index (χ0v) is 20.5. The van der Waals surface area contributed by atoms with E-state index in [1.807, 2.05) is 61.5 Å². The second-order valence-electron chi connectivity index (χ2n) is 7.44. The van der Waals surface area contributed by atoms with E-state index in [1.165, 1.54) is 0 Å². The van der Waals surface area contributed by atoms with Crippen LogP contribution in [0.3, 0.4) is 0 Å². The van der Waals surface area contributed by atoms with Crippen molar-refractivity contribution < 1.29 is 10.2 Å². The lowest BCUT2D eigenvalue weighted by molar-refractivity contribution is 0.479. The average Bonchev–Trinajstić information content (AvgIpc) is 2.81. The molecule has 4 aromatic carbocycles. The maximum absolute atomic E-state index is 9.91. The molecule has 0 bridgehead atoms. The summed E-state index contributed by atoms with van der Waals surface area (Å²) in [7, 11) is 0. The summed E-state index contributed by atoms with van der Waals surface area (Å²) in [6.45, 7) is 1.92. The number of aryl methyl sites for hydroxylation is 1. The molecule has 0 aliphatic rings. The van der Waals surface area contributed by atoms with Crippen LogP contribution in [0.5, 0.6) is 11.5 Å². The van der Waals surface area contributed by atoms with E-state index in [0.29, 0.717) is 22.1 Å². The minimum atomic E-state index is 0.141. The van der Waals surface area contributed by atoms with Crippen molar-refractivity contribution in [3.8, 4) is 11.5 Å². The molecule has 6 nitrogen and oxygen atoms in total.